The molecule has 0 radical (unpaired) electrons. The summed E-state index contributed by atoms with van der Waals surface area (Å²) in [5.74, 6) is 0.887. The summed E-state index contributed by atoms with van der Waals surface area (Å²) in [7, 11) is 0. The highest BCUT2D eigenvalue weighted by atomic mass is 32.2. The van der Waals surface area contributed by atoms with Crippen LogP contribution in [0.3, 0.4) is 0 Å². The summed E-state index contributed by atoms with van der Waals surface area (Å²) >= 11 is 1.81. The standard InChI is InChI=1S/C10H14N2O2S/c1-15-6-2-5-11-9-4-3-8(7-12-9)10(13)14/h3-4,7H,2,5-6H2,1H3,(H,11,12)(H,13,14). The second-order valence-electron chi connectivity index (χ2n) is 3.01. The van der Waals surface area contributed by atoms with Crippen molar-refractivity contribution in [3.63, 3.8) is 0 Å². The van der Waals surface area contributed by atoms with E-state index in [1.807, 2.05) is 0 Å². The predicted octanol–water partition coefficient (Wildman–Crippen LogP) is 1.94. The van der Waals surface area contributed by atoms with Crippen LogP contribution in [-0.2, 0) is 0 Å². The lowest BCUT2D eigenvalue weighted by Crippen LogP contribution is -2.05. The molecule has 0 fully saturated rings. The maximum Gasteiger partial charge on any atom is 0.337 e. The van der Waals surface area contributed by atoms with Crippen LogP contribution in [0.1, 0.15) is 16.8 Å². The number of pyridine rings is 1. The monoisotopic (exact) mass is 226 g/mol. The summed E-state index contributed by atoms with van der Waals surface area (Å²) < 4.78 is 0. The van der Waals surface area contributed by atoms with Crippen molar-refractivity contribution in [1.29, 1.82) is 0 Å². The molecule has 1 heterocycles. The zero-order valence-corrected chi connectivity index (χ0v) is 9.38. The van der Waals surface area contributed by atoms with E-state index in [1.54, 1.807) is 23.9 Å². The second kappa shape index (κ2) is 6.29. The van der Waals surface area contributed by atoms with Gasteiger partial charge in [-0.2, -0.15) is 11.8 Å². The Kier molecular flexibility index (Phi) is 4.97. The van der Waals surface area contributed by atoms with Crippen LogP contribution in [0.15, 0.2) is 18.3 Å². The van der Waals surface area contributed by atoms with E-state index in [0.29, 0.717) is 0 Å². The van der Waals surface area contributed by atoms with Gasteiger partial charge in [0.05, 0.1) is 5.56 Å². The van der Waals surface area contributed by atoms with Gasteiger partial charge >= 0.3 is 5.97 Å². The Balaban J connectivity index is 2.39. The van der Waals surface area contributed by atoms with Crippen LogP contribution < -0.4 is 5.32 Å². The van der Waals surface area contributed by atoms with E-state index in [0.717, 1.165) is 24.5 Å². The van der Waals surface area contributed by atoms with Gasteiger partial charge in [0.2, 0.25) is 0 Å². The SMILES string of the molecule is CSCCCNc1ccc(C(=O)O)cn1. The zero-order valence-electron chi connectivity index (χ0n) is 8.56. The number of aromatic nitrogens is 1. The summed E-state index contributed by atoms with van der Waals surface area (Å²) in [6.07, 6.45) is 4.50. The normalized spacial score (nSPS) is 9.93. The molecule has 0 aliphatic heterocycles. The molecule has 0 unspecified atom stereocenters. The number of anilines is 1. The molecule has 0 aromatic carbocycles. The number of nitrogens with one attached hydrogen (secondary N) is 1. The van der Waals surface area contributed by atoms with Crippen LogP contribution >= 0.6 is 11.8 Å². The van der Waals surface area contributed by atoms with Gasteiger partial charge in [0, 0.05) is 12.7 Å². The minimum absolute atomic E-state index is 0.213. The first kappa shape index (κ1) is 11.8. The topological polar surface area (TPSA) is 62.2 Å². The fourth-order valence-electron chi connectivity index (χ4n) is 1.06. The van der Waals surface area contributed by atoms with E-state index in [1.165, 1.54) is 6.20 Å². The first-order valence-corrected chi connectivity index (χ1v) is 6.05. The first-order valence-electron chi connectivity index (χ1n) is 4.66. The highest BCUT2D eigenvalue weighted by molar-refractivity contribution is 7.98. The Hall–Kier alpha value is -1.23. The minimum Gasteiger partial charge on any atom is -0.478 e. The molecule has 1 rings (SSSR count). The Morgan fingerprint density at radius 1 is 1.60 bits per heavy atom. The largest absolute Gasteiger partial charge is 0.478 e. The van der Waals surface area contributed by atoms with Crippen molar-refractivity contribution in [3.05, 3.63) is 23.9 Å². The lowest BCUT2D eigenvalue weighted by molar-refractivity contribution is 0.0696. The van der Waals surface area contributed by atoms with Crippen LogP contribution in [-0.4, -0.2) is 34.6 Å². The maximum absolute atomic E-state index is 10.5. The van der Waals surface area contributed by atoms with Gasteiger partial charge in [-0.25, -0.2) is 9.78 Å². The van der Waals surface area contributed by atoms with E-state index >= 15 is 0 Å². The molecule has 0 aliphatic carbocycles. The van der Waals surface area contributed by atoms with Crippen molar-refractivity contribution in [1.82, 2.24) is 4.98 Å². The van der Waals surface area contributed by atoms with Crippen LogP contribution in [0.5, 0.6) is 0 Å². The van der Waals surface area contributed by atoms with Gasteiger partial charge < -0.3 is 10.4 Å². The number of carboxylic acid groups (broad SMARTS) is 1. The minimum atomic E-state index is -0.948. The average molecular weight is 226 g/mol. The molecule has 4 nitrogen and oxygen atoms in total. The molecule has 2 N–H and O–H groups in total. The van der Waals surface area contributed by atoms with Crippen molar-refractivity contribution in [2.45, 2.75) is 6.42 Å². The summed E-state index contributed by atoms with van der Waals surface area (Å²) in [6, 6.07) is 3.23. The molecule has 0 saturated carbocycles. The Morgan fingerprint density at radius 3 is 2.93 bits per heavy atom. The number of aromatic carboxylic acids is 1. The molecule has 0 bridgehead atoms. The molecule has 15 heavy (non-hydrogen) atoms. The van der Waals surface area contributed by atoms with Gasteiger partial charge in [-0.1, -0.05) is 0 Å². The van der Waals surface area contributed by atoms with Crippen molar-refractivity contribution in [2.24, 2.45) is 0 Å². The van der Waals surface area contributed by atoms with Crippen molar-refractivity contribution < 1.29 is 9.90 Å². The van der Waals surface area contributed by atoms with E-state index in [-0.39, 0.29) is 5.56 Å². The molecular formula is C10H14N2O2S. The lowest BCUT2D eigenvalue weighted by Gasteiger charge is -2.04. The third-order valence-corrected chi connectivity index (χ3v) is 2.54. The van der Waals surface area contributed by atoms with E-state index in [4.69, 9.17) is 5.11 Å². The molecule has 1 aromatic rings. The molecule has 82 valence electrons. The van der Waals surface area contributed by atoms with Gasteiger partial charge in [-0.3, -0.25) is 0 Å². The second-order valence-corrected chi connectivity index (χ2v) is 4.00. The van der Waals surface area contributed by atoms with E-state index < -0.39 is 5.97 Å². The van der Waals surface area contributed by atoms with Crippen LogP contribution in [0.25, 0.3) is 0 Å². The molecule has 5 heteroatoms. The highest BCUT2D eigenvalue weighted by Crippen LogP contribution is 2.05. The van der Waals surface area contributed by atoms with Gasteiger partial charge in [0.15, 0.2) is 0 Å². The van der Waals surface area contributed by atoms with Crippen molar-refractivity contribution in [2.75, 3.05) is 23.9 Å². The third-order valence-electron chi connectivity index (χ3n) is 1.84. The fourth-order valence-corrected chi connectivity index (χ4v) is 1.49. The van der Waals surface area contributed by atoms with E-state index in [2.05, 4.69) is 16.6 Å². The molecular weight excluding hydrogens is 212 g/mol. The van der Waals surface area contributed by atoms with Crippen LogP contribution in [0.2, 0.25) is 0 Å². The number of carbonyl (C=O) groups is 1. The third kappa shape index (κ3) is 4.20. The van der Waals surface area contributed by atoms with Gasteiger partial charge in [0.25, 0.3) is 0 Å². The van der Waals surface area contributed by atoms with E-state index in [9.17, 15) is 4.79 Å². The molecule has 0 aliphatic rings. The van der Waals surface area contributed by atoms with Crippen molar-refractivity contribution in [3.8, 4) is 0 Å². The Labute approximate surface area is 93.1 Å². The number of nitrogens with zero attached hydrogens (tertiary/aromatic N) is 1. The molecule has 0 atom stereocenters. The molecule has 1 aromatic heterocycles. The van der Waals surface area contributed by atoms with Gasteiger partial charge in [0.1, 0.15) is 5.82 Å². The van der Waals surface area contributed by atoms with Crippen LogP contribution in [0, 0.1) is 0 Å². The number of thioether (sulfide) groups is 1. The summed E-state index contributed by atoms with van der Waals surface area (Å²) in [5.41, 5.74) is 0.213. The predicted molar refractivity (Wildman–Crippen MR) is 62.7 cm³/mol. The number of rotatable bonds is 6. The summed E-state index contributed by atoms with van der Waals surface area (Å²) in [6.45, 7) is 0.861. The highest BCUT2D eigenvalue weighted by Gasteiger charge is 2.01. The van der Waals surface area contributed by atoms with Gasteiger partial charge in [-0.15, -0.1) is 0 Å². The number of carboxylic acids is 1. The average Bonchev–Trinajstić information content (AvgIpc) is 2.25. The summed E-state index contributed by atoms with van der Waals surface area (Å²) in [5, 5.41) is 11.8. The smallest absolute Gasteiger partial charge is 0.337 e. The fraction of sp³-hybridized carbons (Fsp3) is 0.400. The number of hydrogen-bond donors (Lipinski definition) is 2. The Bertz CT molecular complexity index is 314. The summed E-state index contributed by atoms with van der Waals surface area (Å²) in [4.78, 5) is 14.5. The Morgan fingerprint density at radius 2 is 2.40 bits per heavy atom. The quantitative estimate of drug-likeness (QED) is 0.726. The molecule has 0 saturated heterocycles. The zero-order chi connectivity index (χ0) is 11.1. The molecule has 0 amide bonds. The van der Waals surface area contributed by atoms with Crippen molar-refractivity contribution >= 4 is 23.5 Å². The maximum atomic E-state index is 10.5. The van der Waals surface area contributed by atoms with Gasteiger partial charge in [-0.05, 0) is 30.6 Å². The lowest BCUT2D eigenvalue weighted by atomic mass is 10.3. The molecule has 0 spiro atoms. The number of hydrogen-bond acceptors (Lipinski definition) is 4. The first-order chi connectivity index (χ1) is 7.24. The van der Waals surface area contributed by atoms with Crippen LogP contribution in [0.4, 0.5) is 5.82 Å².